The molecule has 0 fully saturated rings. The van der Waals surface area contributed by atoms with E-state index in [0.717, 1.165) is 10.9 Å². The zero-order valence-electron chi connectivity index (χ0n) is 19.6. The topological polar surface area (TPSA) is 87.4 Å². The fourth-order valence-electron chi connectivity index (χ4n) is 4.25. The fraction of sp³-hybridized carbons (Fsp3) is 0.103. The van der Waals surface area contributed by atoms with E-state index in [0.29, 0.717) is 33.0 Å². The van der Waals surface area contributed by atoms with Gasteiger partial charge in [-0.2, -0.15) is 5.10 Å². The van der Waals surface area contributed by atoms with E-state index in [1.165, 1.54) is 12.1 Å². The van der Waals surface area contributed by atoms with Crippen LogP contribution >= 0.6 is 11.6 Å². The van der Waals surface area contributed by atoms with Crippen LogP contribution in [0.4, 0.5) is 4.39 Å². The van der Waals surface area contributed by atoms with Gasteiger partial charge in [-0.05, 0) is 54.1 Å². The van der Waals surface area contributed by atoms with Gasteiger partial charge >= 0.3 is 0 Å². The molecule has 0 radical (unpaired) electrons. The Labute approximate surface area is 217 Å². The number of aliphatic hydroxyl groups is 2. The number of aromatic nitrogens is 2. The predicted octanol–water partition coefficient (Wildman–Crippen LogP) is 5.31. The van der Waals surface area contributed by atoms with Crippen molar-refractivity contribution < 1.29 is 19.4 Å². The van der Waals surface area contributed by atoms with Gasteiger partial charge in [-0.3, -0.25) is 4.79 Å². The second kappa shape index (κ2) is 10.5. The Balaban J connectivity index is 1.55. The third kappa shape index (κ3) is 4.97. The van der Waals surface area contributed by atoms with Crippen LogP contribution in [0.3, 0.4) is 0 Å². The summed E-state index contributed by atoms with van der Waals surface area (Å²) in [6, 6.07) is 26.2. The molecular weight excluding hydrogens is 493 g/mol. The summed E-state index contributed by atoms with van der Waals surface area (Å²) in [7, 11) is 0. The number of rotatable bonds is 7. The number of fused-ring (bicyclic) bond motifs is 1. The van der Waals surface area contributed by atoms with E-state index in [2.05, 4.69) is 5.32 Å². The Kier molecular flexibility index (Phi) is 7.01. The summed E-state index contributed by atoms with van der Waals surface area (Å²) < 4.78 is 15.2. The average Bonchev–Trinajstić information content (AvgIpc) is 3.31. The van der Waals surface area contributed by atoms with Crippen molar-refractivity contribution in [2.75, 3.05) is 6.61 Å². The van der Waals surface area contributed by atoms with Crippen LogP contribution in [0.1, 0.15) is 22.0 Å². The van der Waals surface area contributed by atoms with Gasteiger partial charge in [0.2, 0.25) is 0 Å². The Bertz CT molecular complexity index is 1550. The van der Waals surface area contributed by atoms with E-state index in [-0.39, 0.29) is 5.82 Å². The maximum absolute atomic E-state index is 13.6. The molecule has 0 unspecified atom stereocenters. The summed E-state index contributed by atoms with van der Waals surface area (Å²) in [5.74, 6) is -0.847. The molecule has 0 aliphatic heterocycles. The maximum atomic E-state index is 13.6. The number of amides is 1. The number of carbonyl (C=O) groups is 1. The highest BCUT2D eigenvalue weighted by molar-refractivity contribution is 6.33. The number of carbonyl (C=O) groups excluding carboxylic acids is 1. The molecule has 6 nitrogen and oxygen atoms in total. The Morgan fingerprint density at radius 2 is 1.68 bits per heavy atom. The minimum Gasteiger partial charge on any atom is -0.394 e. The molecule has 3 N–H and O–H groups in total. The zero-order valence-corrected chi connectivity index (χ0v) is 20.3. The van der Waals surface area contributed by atoms with Crippen molar-refractivity contribution >= 4 is 28.4 Å². The number of nitrogens with zero attached hydrogens (tertiary/aromatic N) is 2. The van der Waals surface area contributed by atoms with Crippen LogP contribution in [0.5, 0.6) is 0 Å². The maximum Gasteiger partial charge on any atom is 0.251 e. The van der Waals surface area contributed by atoms with Crippen LogP contribution in [-0.2, 0) is 0 Å². The van der Waals surface area contributed by atoms with Crippen LogP contribution in [0.25, 0.3) is 27.8 Å². The quantitative estimate of drug-likeness (QED) is 0.274. The molecule has 0 saturated carbocycles. The first kappa shape index (κ1) is 24.6. The molecule has 8 heteroatoms. The first-order valence-corrected chi connectivity index (χ1v) is 12.0. The Morgan fingerprint density at radius 1 is 0.973 bits per heavy atom. The molecule has 5 rings (SSSR count). The van der Waals surface area contributed by atoms with E-state index < -0.39 is 24.7 Å². The van der Waals surface area contributed by atoms with Gasteiger partial charge < -0.3 is 15.5 Å². The van der Waals surface area contributed by atoms with Crippen molar-refractivity contribution in [1.82, 2.24) is 15.1 Å². The number of halogens is 2. The normalized spacial score (nSPS) is 12.9. The van der Waals surface area contributed by atoms with Gasteiger partial charge in [0.25, 0.3) is 5.91 Å². The lowest BCUT2D eigenvalue weighted by molar-refractivity contribution is 0.0703. The molecular formula is C29H23ClFN3O3. The van der Waals surface area contributed by atoms with Crippen LogP contribution < -0.4 is 5.32 Å². The average molecular weight is 516 g/mol. The van der Waals surface area contributed by atoms with Crippen molar-refractivity contribution in [3.05, 3.63) is 119 Å². The van der Waals surface area contributed by atoms with Crippen LogP contribution in [-0.4, -0.2) is 38.5 Å². The van der Waals surface area contributed by atoms with Gasteiger partial charge in [0.05, 0.1) is 28.9 Å². The van der Waals surface area contributed by atoms with Crippen molar-refractivity contribution in [3.8, 4) is 16.9 Å². The third-order valence-electron chi connectivity index (χ3n) is 6.18. The third-order valence-corrected chi connectivity index (χ3v) is 6.51. The molecule has 1 heterocycles. The molecule has 1 aromatic heterocycles. The smallest absolute Gasteiger partial charge is 0.251 e. The molecule has 0 spiro atoms. The van der Waals surface area contributed by atoms with Gasteiger partial charge in [-0.25, -0.2) is 9.07 Å². The summed E-state index contributed by atoms with van der Waals surface area (Å²) in [5.41, 5.74) is 3.44. The van der Waals surface area contributed by atoms with E-state index in [1.807, 2.05) is 24.3 Å². The van der Waals surface area contributed by atoms with E-state index in [9.17, 15) is 19.4 Å². The molecule has 0 aliphatic carbocycles. The second-order valence-corrected chi connectivity index (χ2v) is 8.97. The molecule has 0 aliphatic rings. The summed E-state index contributed by atoms with van der Waals surface area (Å²) in [5, 5.41) is 29.3. The summed E-state index contributed by atoms with van der Waals surface area (Å²) in [6.07, 6.45) is -1.09. The van der Waals surface area contributed by atoms with Crippen LogP contribution in [0.2, 0.25) is 5.02 Å². The standard InChI is InChI=1S/C29H23ClFN3O3/c30-24-9-5-4-8-22(24)27-23-15-10-19(16-26(23)34(33-27)21-13-11-20(31)12-14-21)29(37)32-25(17-35)28(36)18-6-2-1-3-7-18/h1-16,25,28,35-36H,17H2,(H,32,37)/t25-,28-/m0/s1. The number of hydrogen-bond donors (Lipinski definition) is 3. The fourth-order valence-corrected chi connectivity index (χ4v) is 4.47. The van der Waals surface area contributed by atoms with Gasteiger partial charge in [-0.15, -0.1) is 0 Å². The summed E-state index contributed by atoms with van der Waals surface area (Å²) in [6.45, 7) is -0.450. The lowest BCUT2D eigenvalue weighted by Gasteiger charge is -2.22. The predicted molar refractivity (Wildman–Crippen MR) is 141 cm³/mol. The molecule has 2 atom stereocenters. The van der Waals surface area contributed by atoms with Crippen molar-refractivity contribution in [2.45, 2.75) is 12.1 Å². The minimum atomic E-state index is -1.09. The Morgan fingerprint density at radius 3 is 2.38 bits per heavy atom. The first-order valence-electron chi connectivity index (χ1n) is 11.6. The second-order valence-electron chi connectivity index (χ2n) is 8.57. The van der Waals surface area contributed by atoms with Crippen molar-refractivity contribution in [2.24, 2.45) is 0 Å². The van der Waals surface area contributed by atoms with Gasteiger partial charge in [0.1, 0.15) is 17.6 Å². The molecule has 186 valence electrons. The number of benzene rings is 4. The SMILES string of the molecule is O=C(N[C@@H](CO)[C@@H](O)c1ccccc1)c1ccc2c(-c3ccccc3Cl)nn(-c3ccc(F)cc3)c2c1. The van der Waals surface area contributed by atoms with E-state index >= 15 is 0 Å². The molecule has 5 aromatic rings. The van der Waals surface area contributed by atoms with E-state index in [4.69, 9.17) is 16.7 Å². The summed E-state index contributed by atoms with van der Waals surface area (Å²) >= 11 is 6.46. The van der Waals surface area contributed by atoms with Crippen LogP contribution in [0.15, 0.2) is 97.1 Å². The molecule has 0 saturated heterocycles. The van der Waals surface area contributed by atoms with Gasteiger partial charge in [0.15, 0.2) is 0 Å². The lowest BCUT2D eigenvalue weighted by Crippen LogP contribution is -2.41. The molecule has 0 bridgehead atoms. The monoisotopic (exact) mass is 515 g/mol. The number of hydrogen-bond acceptors (Lipinski definition) is 4. The lowest BCUT2D eigenvalue weighted by atomic mass is 10.0. The number of aliphatic hydroxyl groups excluding tert-OH is 2. The highest BCUT2D eigenvalue weighted by atomic mass is 35.5. The first-order chi connectivity index (χ1) is 18.0. The van der Waals surface area contributed by atoms with E-state index in [1.54, 1.807) is 65.3 Å². The number of nitrogens with one attached hydrogen (secondary N) is 1. The summed E-state index contributed by atoms with van der Waals surface area (Å²) in [4.78, 5) is 13.2. The van der Waals surface area contributed by atoms with Crippen LogP contribution in [0, 0.1) is 5.82 Å². The highest BCUT2D eigenvalue weighted by Gasteiger charge is 2.24. The van der Waals surface area contributed by atoms with Crippen molar-refractivity contribution in [1.29, 1.82) is 0 Å². The molecule has 4 aromatic carbocycles. The highest BCUT2D eigenvalue weighted by Crippen LogP contribution is 2.34. The van der Waals surface area contributed by atoms with Crippen molar-refractivity contribution in [3.63, 3.8) is 0 Å². The molecule has 37 heavy (non-hydrogen) atoms. The minimum absolute atomic E-state index is 0.306. The van der Waals surface area contributed by atoms with Gasteiger partial charge in [0, 0.05) is 16.5 Å². The van der Waals surface area contributed by atoms with Gasteiger partial charge in [-0.1, -0.05) is 60.1 Å². The Hall–Kier alpha value is -4.04. The largest absolute Gasteiger partial charge is 0.394 e. The molecule has 1 amide bonds. The zero-order chi connectivity index (χ0) is 25.9.